The van der Waals surface area contributed by atoms with E-state index in [1.54, 1.807) is 7.11 Å². The summed E-state index contributed by atoms with van der Waals surface area (Å²) in [6.45, 7) is 2.09. The highest BCUT2D eigenvalue weighted by Gasteiger charge is 2.44. The SMILES string of the molecule is COC1(C(NN)c2cccc(C)c2)CCC1. The van der Waals surface area contributed by atoms with E-state index in [1.165, 1.54) is 17.5 Å². The van der Waals surface area contributed by atoms with E-state index in [4.69, 9.17) is 10.6 Å². The smallest absolute Gasteiger partial charge is 0.0885 e. The summed E-state index contributed by atoms with van der Waals surface area (Å²) in [5.74, 6) is 5.70. The summed E-state index contributed by atoms with van der Waals surface area (Å²) in [6.07, 6.45) is 3.37. The Kier molecular flexibility index (Phi) is 3.28. The zero-order valence-corrected chi connectivity index (χ0v) is 9.99. The van der Waals surface area contributed by atoms with Crippen molar-refractivity contribution in [1.82, 2.24) is 5.43 Å². The monoisotopic (exact) mass is 220 g/mol. The quantitative estimate of drug-likeness (QED) is 0.603. The highest BCUT2D eigenvalue weighted by atomic mass is 16.5. The Balaban J connectivity index is 2.28. The number of methoxy groups -OCH3 is 1. The molecule has 0 spiro atoms. The van der Waals surface area contributed by atoms with Crippen LogP contribution in [-0.4, -0.2) is 12.7 Å². The van der Waals surface area contributed by atoms with E-state index < -0.39 is 0 Å². The molecule has 1 aromatic carbocycles. The molecule has 0 aliphatic heterocycles. The first-order chi connectivity index (χ1) is 7.72. The fourth-order valence-electron chi connectivity index (χ4n) is 2.54. The van der Waals surface area contributed by atoms with E-state index in [2.05, 4.69) is 36.6 Å². The largest absolute Gasteiger partial charge is 0.376 e. The maximum Gasteiger partial charge on any atom is 0.0885 e. The van der Waals surface area contributed by atoms with E-state index in [0.717, 1.165) is 12.8 Å². The molecule has 1 fully saturated rings. The Morgan fingerprint density at radius 2 is 2.19 bits per heavy atom. The van der Waals surface area contributed by atoms with Gasteiger partial charge in [0.2, 0.25) is 0 Å². The van der Waals surface area contributed by atoms with Crippen LogP contribution in [0.2, 0.25) is 0 Å². The van der Waals surface area contributed by atoms with Crippen LogP contribution in [0.3, 0.4) is 0 Å². The van der Waals surface area contributed by atoms with E-state index in [9.17, 15) is 0 Å². The average molecular weight is 220 g/mol. The molecule has 0 amide bonds. The van der Waals surface area contributed by atoms with Crippen molar-refractivity contribution >= 4 is 0 Å². The van der Waals surface area contributed by atoms with Crippen molar-refractivity contribution < 1.29 is 4.74 Å². The van der Waals surface area contributed by atoms with Crippen LogP contribution < -0.4 is 11.3 Å². The summed E-state index contributed by atoms with van der Waals surface area (Å²) in [5.41, 5.74) is 5.27. The van der Waals surface area contributed by atoms with Gasteiger partial charge in [0.25, 0.3) is 0 Å². The van der Waals surface area contributed by atoms with Crippen molar-refractivity contribution in [2.24, 2.45) is 5.84 Å². The lowest BCUT2D eigenvalue weighted by Crippen LogP contribution is -2.52. The van der Waals surface area contributed by atoms with Gasteiger partial charge in [-0.3, -0.25) is 11.3 Å². The molecule has 1 aliphatic carbocycles. The van der Waals surface area contributed by atoms with Gasteiger partial charge in [0.15, 0.2) is 0 Å². The molecule has 3 heteroatoms. The van der Waals surface area contributed by atoms with Gasteiger partial charge in [0.1, 0.15) is 0 Å². The normalized spacial score (nSPS) is 20.2. The van der Waals surface area contributed by atoms with Gasteiger partial charge in [-0.25, -0.2) is 0 Å². The summed E-state index contributed by atoms with van der Waals surface area (Å²) in [5, 5.41) is 0. The molecule has 0 radical (unpaired) electrons. The Morgan fingerprint density at radius 1 is 1.44 bits per heavy atom. The molecule has 16 heavy (non-hydrogen) atoms. The van der Waals surface area contributed by atoms with E-state index in [0.29, 0.717) is 0 Å². The minimum Gasteiger partial charge on any atom is -0.376 e. The average Bonchev–Trinajstić information content (AvgIpc) is 2.23. The molecule has 1 aliphatic rings. The summed E-state index contributed by atoms with van der Waals surface area (Å²) < 4.78 is 5.68. The van der Waals surface area contributed by atoms with Crippen LogP contribution in [0.15, 0.2) is 24.3 Å². The van der Waals surface area contributed by atoms with E-state index >= 15 is 0 Å². The molecule has 1 aromatic rings. The van der Waals surface area contributed by atoms with Crippen LogP contribution in [0.5, 0.6) is 0 Å². The molecular weight excluding hydrogens is 200 g/mol. The predicted molar refractivity (Wildman–Crippen MR) is 64.8 cm³/mol. The third-order valence-electron chi connectivity index (χ3n) is 3.67. The van der Waals surface area contributed by atoms with Gasteiger partial charge in [0, 0.05) is 7.11 Å². The molecule has 0 aromatic heterocycles. The number of hydrogen-bond donors (Lipinski definition) is 2. The van der Waals surface area contributed by atoms with Gasteiger partial charge in [-0.15, -0.1) is 0 Å². The molecule has 1 atom stereocenters. The Bertz CT molecular complexity index is 355. The fraction of sp³-hybridized carbons (Fsp3) is 0.538. The number of hydrazine groups is 1. The molecule has 3 N–H and O–H groups in total. The molecule has 3 nitrogen and oxygen atoms in total. The van der Waals surface area contributed by atoms with Crippen LogP contribution in [0, 0.1) is 6.92 Å². The van der Waals surface area contributed by atoms with Gasteiger partial charge in [-0.1, -0.05) is 29.8 Å². The minimum absolute atomic E-state index is 0.0890. The molecule has 2 rings (SSSR count). The number of benzene rings is 1. The predicted octanol–water partition coefficient (Wildman–Crippen LogP) is 2.07. The van der Waals surface area contributed by atoms with Gasteiger partial charge in [-0.05, 0) is 31.7 Å². The van der Waals surface area contributed by atoms with Crippen molar-refractivity contribution in [2.45, 2.75) is 37.8 Å². The number of rotatable bonds is 4. The van der Waals surface area contributed by atoms with Crippen LogP contribution in [-0.2, 0) is 4.74 Å². The molecule has 0 saturated heterocycles. The highest BCUT2D eigenvalue weighted by molar-refractivity contribution is 5.28. The van der Waals surface area contributed by atoms with Crippen molar-refractivity contribution in [3.05, 3.63) is 35.4 Å². The molecule has 0 heterocycles. The first-order valence-corrected chi connectivity index (χ1v) is 5.80. The maximum absolute atomic E-state index is 5.70. The molecule has 88 valence electrons. The number of nitrogens with one attached hydrogen (secondary N) is 1. The maximum atomic E-state index is 5.70. The first-order valence-electron chi connectivity index (χ1n) is 5.80. The van der Waals surface area contributed by atoms with Gasteiger partial charge >= 0.3 is 0 Å². The van der Waals surface area contributed by atoms with Gasteiger partial charge < -0.3 is 4.74 Å². The lowest BCUT2D eigenvalue weighted by molar-refractivity contribution is -0.0999. The molecular formula is C13H20N2O. The number of hydrogen-bond acceptors (Lipinski definition) is 3. The topological polar surface area (TPSA) is 47.3 Å². The zero-order chi connectivity index (χ0) is 11.6. The second-order valence-corrected chi connectivity index (χ2v) is 4.64. The zero-order valence-electron chi connectivity index (χ0n) is 9.99. The molecule has 0 bridgehead atoms. The van der Waals surface area contributed by atoms with Crippen LogP contribution in [0.4, 0.5) is 0 Å². The molecule has 1 saturated carbocycles. The lowest BCUT2D eigenvalue weighted by atomic mass is 9.72. The lowest BCUT2D eigenvalue weighted by Gasteiger charge is -2.46. The van der Waals surface area contributed by atoms with Gasteiger partial charge in [0.05, 0.1) is 11.6 Å². The minimum atomic E-state index is -0.109. The van der Waals surface area contributed by atoms with Crippen LogP contribution in [0.1, 0.15) is 36.4 Å². The Hall–Kier alpha value is -0.900. The fourth-order valence-corrected chi connectivity index (χ4v) is 2.54. The summed E-state index contributed by atoms with van der Waals surface area (Å²) >= 11 is 0. The van der Waals surface area contributed by atoms with Crippen molar-refractivity contribution in [1.29, 1.82) is 0 Å². The summed E-state index contributed by atoms with van der Waals surface area (Å²) in [7, 11) is 1.78. The van der Waals surface area contributed by atoms with E-state index in [1.807, 2.05) is 0 Å². The van der Waals surface area contributed by atoms with Crippen molar-refractivity contribution in [3.63, 3.8) is 0 Å². The second-order valence-electron chi connectivity index (χ2n) is 4.64. The van der Waals surface area contributed by atoms with Gasteiger partial charge in [-0.2, -0.15) is 0 Å². The third-order valence-corrected chi connectivity index (χ3v) is 3.67. The van der Waals surface area contributed by atoms with Crippen LogP contribution >= 0.6 is 0 Å². The van der Waals surface area contributed by atoms with Crippen molar-refractivity contribution in [3.8, 4) is 0 Å². The third kappa shape index (κ3) is 1.86. The first kappa shape index (κ1) is 11.6. The number of nitrogens with two attached hydrogens (primary N) is 1. The van der Waals surface area contributed by atoms with Crippen LogP contribution in [0.25, 0.3) is 0 Å². The summed E-state index contributed by atoms with van der Waals surface area (Å²) in [6, 6.07) is 8.53. The second kappa shape index (κ2) is 4.53. The Morgan fingerprint density at radius 3 is 2.62 bits per heavy atom. The van der Waals surface area contributed by atoms with E-state index in [-0.39, 0.29) is 11.6 Å². The molecule has 1 unspecified atom stereocenters. The van der Waals surface area contributed by atoms with Crippen molar-refractivity contribution in [2.75, 3.05) is 7.11 Å². The number of ether oxygens (including phenoxy) is 1. The number of aryl methyl sites for hydroxylation is 1. The Labute approximate surface area is 97.0 Å². The standard InChI is InChI=1S/C13H20N2O/c1-10-5-3-6-11(9-10)12(15-14)13(16-2)7-4-8-13/h3,5-6,9,12,15H,4,7-8,14H2,1-2H3. The highest BCUT2D eigenvalue weighted by Crippen LogP contribution is 2.44. The summed E-state index contributed by atoms with van der Waals surface area (Å²) in [4.78, 5) is 0.